The number of nitro benzene ring substituents is 1. The number of carbonyl (C=O) groups excluding carboxylic acids is 1. The van der Waals surface area contributed by atoms with Crippen LogP contribution in [0.5, 0.6) is 5.75 Å². The molecule has 0 fully saturated rings. The van der Waals surface area contributed by atoms with Gasteiger partial charge in [0.15, 0.2) is 0 Å². The van der Waals surface area contributed by atoms with Crippen molar-refractivity contribution < 1.29 is 14.5 Å². The van der Waals surface area contributed by atoms with Gasteiger partial charge < -0.3 is 10.1 Å². The van der Waals surface area contributed by atoms with E-state index < -0.39 is 4.92 Å². The second-order valence-electron chi connectivity index (χ2n) is 5.07. The van der Waals surface area contributed by atoms with Crippen LogP contribution in [0.4, 0.5) is 5.69 Å². The molecule has 2 aromatic rings. The molecule has 1 N–H and O–H groups in total. The second-order valence-corrected chi connectivity index (χ2v) is 5.07. The Morgan fingerprint density at radius 2 is 1.83 bits per heavy atom. The molecule has 0 heterocycles. The second kappa shape index (κ2) is 8.47. The minimum Gasteiger partial charge on any atom is -0.497 e. The Bertz CT molecular complexity index is 722. The van der Waals surface area contributed by atoms with Gasteiger partial charge in [0.1, 0.15) is 5.75 Å². The molecule has 1 amide bonds. The SMILES string of the molecule is COc1ccc(CCNC(=O)C=Cc2ccc([N+](=O)[O-])cc2)cc1. The highest BCUT2D eigenvalue weighted by molar-refractivity contribution is 5.91. The van der Waals surface area contributed by atoms with Crippen molar-refractivity contribution in [3.63, 3.8) is 0 Å². The van der Waals surface area contributed by atoms with Crippen LogP contribution in [0.1, 0.15) is 11.1 Å². The van der Waals surface area contributed by atoms with Crippen LogP contribution in [0.15, 0.2) is 54.6 Å². The molecule has 0 bridgehead atoms. The van der Waals surface area contributed by atoms with Gasteiger partial charge >= 0.3 is 0 Å². The lowest BCUT2D eigenvalue weighted by Crippen LogP contribution is -2.23. The lowest BCUT2D eigenvalue weighted by Gasteiger charge is -2.04. The predicted molar refractivity (Wildman–Crippen MR) is 91.8 cm³/mol. The van der Waals surface area contributed by atoms with Crippen molar-refractivity contribution in [3.8, 4) is 5.75 Å². The molecule has 0 saturated carbocycles. The molecule has 24 heavy (non-hydrogen) atoms. The van der Waals surface area contributed by atoms with Gasteiger partial charge in [0.2, 0.25) is 5.91 Å². The molecule has 0 saturated heterocycles. The Balaban J connectivity index is 1.78. The molecule has 0 aromatic heterocycles. The molecule has 124 valence electrons. The van der Waals surface area contributed by atoms with E-state index >= 15 is 0 Å². The van der Waals surface area contributed by atoms with E-state index in [4.69, 9.17) is 4.74 Å². The number of amides is 1. The van der Waals surface area contributed by atoms with Gasteiger partial charge in [0.05, 0.1) is 12.0 Å². The molecule has 0 aliphatic heterocycles. The first-order chi connectivity index (χ1) is 11.6. The van der Waals surface area contributed by atoms with Gasteiger partial charge in [-0.3, -0.25) is 14.9 Å². The molecule has 0 aliphatic rings. The average molecular weight is 326 g/mol. The Hall–Kier alpha value is -3.15. The number of hydrogen-bond donors (Lipinski definition) is 1. The van der Waals surface area contributed by atoms with Crippen molar-refractivity contribution >= 4 is 17.7 Å². The first-order valence-corrected chi connectivity index (χ1v) is 7.42. The number of rotatable bonds is 7. The van der Waals surface area contributed by atoms with E-state index in [0.29, 0.717) is 6.54 Å². The number of nitrogens with zero attached hydrogens (tertiary/aromatic N) is 1. The summed E-state index contributed by atoms with van der Waals surface area (Å²) in [4.78, 5) is 21.9. The third kappa shape index (κ3) is 5.24. The standard InChI is InChI=1S/C18H18N2O4/c1-24-17-9-4-15(5-10-17)12-13-19-18(21)11-6-14-2-7-16(8-3-14)20(22)23/h2-11H,12-13H2,1H3,(H,19,21). The molecule has 6 nitrogen and oxygen atoms in total. The summed E-state index contributed by atoms with van der Waals surface area (Å²) in [7, 11) is 1.62. The highest BCUT2D eigenvalue weighted by Crippen LogP contribution is 2.13. The van der Waals surface area contributed by atoms with E-state index in [2.05, 4.69) is 5.32 Å². The zero-order chi connectivity index (χ0) is 17.4. The van der Waals surface area contributed by atoms with E-state index in [1.807, 2.05) is 24.3 Å². The van der Waals surface area contributed by atoms with Crippen molar-refractivity contribution in [2.24, 2.45) is 0 Å². The monoisotopic (exact) mass is 326 g/mol. The quantitative estimate of drug-likeness (QED) is 0.482. The largest absolute Gasteiger partial charge is 0.497 e. The van der Waals surface area contributed by atoms with Crippen molar-refractivity contribution in [1.29, 1.82) is 0 Å². The smallest absolute Gasteiger partial charge is 0.269 e. The van der Waals surface area contributed by atoms with Crippen LogP contribution in [-0.4, -0.2) is 24.5 Å². The van der Waals surface area contributed by atoms with Crippen LogP contribution in [0.2, 0.25) is 0 Å². The number of nitro groups is 1. The number of nitrogens with one attached hydrogen (secondary N) is 1. The maximum atomic E-state index is 11.8. The number of methoxy groups -OCH3 is 1. The zero-order valence-corrected chi connectivity index (χ0v) is 13.3. The van der Waals surface area contributed by atoms with Crippen LogP contribution in [0.25, 0.3) is 6.08 Å². The fourth-order valence-electron chi connectivity index (χ4n) is 2.06. The maximum absolute atomic E-state index is 11.8. The molecular weight excluding hydrogens is 308 g/mol. The van der Waals surface area contributed by atoms with Crippen molar-refractivity contribution in [1.82, 2.24) is 5.32 Å². The van der Waals surface area contributed by atoms with Crippen molar-refractivity contribution in [2.45, 2.75) is 6.42 Å². The first-order valence-electron chi connectivity index (χ1n) is 7.42. The third-order valence-electron chi connectivity index (χ3n) is 3.40. The molecule has 0 radical (unpaired) electrons. The first kappa shape index (κ1) is 17.2. The number of carbonyl (C=O) groups is 1. The van der Waals surface area contributed by atoms with Crippen LogP contribution < -0.4 is 10.1 Å². The van der Waals surface area contributed by atoms with Gasteiger partial charge in [0, 0.05) is 24.8 Å². The molecule has 0 spiro atoms. The lowest BCUT2D eigenvalue weighted by atomic mass is 10.1. The summed E-state index contributed by atoms with van der Waals surface area (Å²) in [6.07, 6.45) is 3.75. The summed E-state index contributed by atoms with van der Waals surface area (Å²) in [5.74, 6) is 0.593. The van der Waals surface area contributed by atoms with Gasteiger partial charge in [-0.1, -0.05) is 12.1 Å². The van der Waals surface area contributed by atoms with Crippen LogP contribution >= 0.6 is 0 Å². The summed E-state index contributed by atoms with van der Waals surface area (Å²) in [5.41, 5.74) is 1.86. The number of benzene rings is 2. The average Bonchev–Trinajstić information content (AvgIpc) is 2.61. The topological polar surface area (TPSA) is 81.5 Å². The maximum Gasteiger partial charge on any atom is 0.269 e. The van der Waals surface area contributed by atoms with E-state index in [1.165, 1.54) is 18.2 Å². The number of hydrogen-bond acceptors (Lipinski definition) is 4. The Morgan fingerprint density at radius 1 is 1.17 bits per heavy atom. The van der Waals surface area contributed by atoms with E-state index in [1.54, 1.807) is 25.3 Å². The van der Waals surface area contributed by atoms with Crippen LogP contribution in [0.3, 0.4) is 0 Å². The molecule has 2 rings (SSSR count). The summed E-state index contributed by atoms with van der Waals surface area (Å²) in [6.45, 7) is 0.524. The van der Waals surface area contributed by atoms with Gasteiger partial charge in [-0.05, 0) is 47.9 Å². The van der Waals surface area contributed by atoms with E-state index in [0.717, 1.165) is 23.3 Å². The van der Waals surface area contributed by atoms with Gasteiger partial charge in [0.25, 0.3) is 5.69 Å². The minimum absolute atomic E-state index is 0.0242. The minimum atomic E-state index is -0.459. The molecular formula is C18H18N2O4. The Labute approximate surface area is 139 Å². The van der Waals surface area contributed by atoms with Crippen LogP contribution in [0, 0.1) is 10.1 Å². The fourth-order valence-corrected chi connectivity index (χ4v) is 2.06. The third-order valence-corrected chi connectivity index (χ3v) is 3.40. The fraction of sp³-hybridized carbons (Fsp3) is 0.167. The van der Waals surface area contributed by atoms with Crippen LogP contribution in [-0.2, 0) is 11.2 Å². The van der Waals surface area contributed by atoms with Gasteiger partial charge in [-0.2, -0.15) is 0 Å². The normalized spacial score (nSPS) is 10.5. The predicted octanol–water partition coefficient (Wildman–Crippen LogP) is 2.98. The van der Waals surface area contributed by atoms with Gasteiger partial charge in [-0.15, -0.1) is 0 Å². The lowest BCUT2D eigenvalue weighted by molar-refractivity contribution is -0.384. The molecule has 2 aromatic carbocycles. The number of non-ortho nitro benzene ring substituents is 1. The summed E-state index contributed by atoms with van der Waals surface area (Å²) < 4.78 is 5.09. The zero-order valence-electron chi connectivity index (χ0n) is 13.3. The van der Waals surface area contributed by atoms with Crippen molar-refractivity contribution in [2.75, 3.05) is 13.7 Å². The van der Waals surface area contributed by atoms with E-state index in [-0.39, 0.29) is 11.6 Å². The summed E-state index contributed by atoms with van der Waals surface area (Å²) in [6, 6.07) is 13.7. The summed E-state index contributed by atoms with van der Waals surface area (Å²) >= 11 is 0. The Kier molecular flexibility index (Phi) is 6.08. The molecule has 6 heteroatoms. The highest BCUT2D eigenvalue weighted by Gasteiger charge is 2.02. The molecule has 0 unspecified atom stereocenters. The van der Waals surface area contributed by atoms with Gasteiger partial charge in [-0.25, -0.2) is 0 Å². The van der Waals surface area contributed by atoms with E-state index in [9.17, 15) is 14.9 Å². The Morgan fingerprint density at radius 3 is 2.42 bits per heavy atom. The molecule has 0 aliphatic carbocycles. The highest BCUT2D eigenvalue weighted by atomic mass is 16.6. The number of ether oxygens (including phenoxy) is 1. The van der Waals surface area contributed by atoms with Crippen molar-refractivity contribution in [3.05, 3.63) is 75.8 Å². The summed E-state index contributed by atoms with van der Waals surface area (Å²) in [5, 5.41) is 13.4. The molecule has 0 atom stereocenters.